The van der Waals surface area contributed by atoms with Crippen LogP contribution in [0.1, 0.15) is 24.1 Å². The molecule has 176 valence electrons. The van der Waals surface area contributed by atoms with E-state index in [4.69, 9.17) is 4.98 Å². The second-order valence-corrected chi connectivity index (χ2v) is 11.7. The number of thiazole rings is 1. The maximum absolute atomic E-state index is 13.0. The summed E-state index contributed by atoms with van der Waals surface area (Å²) in [6.07, 6.45) is -3.26. The number of anilines is 1. The number of sulfone groups is 1. The number of alkyl halides is 3. The summed E-state index contributed by atoms with van der Waals surface area (Å²) in [7, 11) is -3.65. The van der Waals surface area contributed by atoms with Crippen LogP contribution in [0.3, 0.4) is 0 Å². The minimum absolute atomic E-state index is 0.000955. The van der Waals surface area contributed by atoms with Gasteiger partial charge in [0.1, 0.15) is 5.75 Å². The fraction of sp³-hybridized carbons (Fsp3) is 0.318. The van der Waals surface area contributed by atoms with E-state index in [9.17, 15) is 21.6 Å². The van der Waals surface area contributed by atoms with E-state index in [-0.39, 0.29) is 4.90 Å². The number of halogens is 4. The third-order valence-electron chi connectivity index (χ3n) is 5.35. The van der Waals surface area contributed by atoms with Crippen molar-refractivity contribution in [3.05, 3.63) is 69.6 Å². The van der Waals surface area contributed by atoms with Crippen LogP contribution in [0, 0.1) is 0 Å². The molecular formula is C22H20BrF3N2O3S2. The summed E-state index contributed by atoms with van der Waals surface area (Å²) in [4.78, 5) is 6.80. The van der Waals surface area contributed by atoms with Crippen molar-refractivity contribution in [2.24, 2.45) is 0 Å². The molecule has 0 amide bonds. The van der Waals surface area contributed by atoms with Crippen molar-refractivity contribution in [1.29, 1.82) is 0 Å². The molecule has 0 aliphatic carbocycles. The van der Waals surface area contributed by atoms with E-state index in [0.29, 0.717) is 25.9 Å². The summed E-state index contributed by atoms with van der Waals surface area (Å²) in [6.45, 7) is 1.09. The van der Waals surface area contributed by atoms with Gasteiger partial charge in [-0.25, -0.2) is 13.4 Å². The minimum atomic E-state index is -4.82. The molecule has 2 heterocycles. The first-order valence-corrected chi connectivity index (χ1v) is 13.4. The summed E-state index contributed by atoms with van der Waals surface area (Å²) in [5.41, 5.74) is 2.11. The lowest BCUT2D eigenvalue weighted by atomic mass is 10.1. The van der Waals surface area contributed by atoms with Gasteiger partial charge in [-0.05, 0) is 54.8 Å². The second kappa shape index (κ2) is 9.63. The number of ether oxygens (including phenoxy) is 1. The molecule has 33 heavy (non-hydrogen) atoms. The zero-order valence-electron chi connectivity index (χ0n) is 17.3. The number of benzene rings is 2. The number of rotatable bonds is 6. The van der Waals surface area contributed by atoms with Gasteiger partial charge >= 0.3 is 6.36 Å². The van der Waals surface area contributed by atoms with Crippen LogP contribution in [0.4, 0.5) is 18.3 Å². The molecule has 1 aromatic heterocycles. The number of piperidine rings is 1. The van der Waals surface area contributed by atoms with Crippen molar-refractivity contribution < 1.29 is 26.3 Å². The smallest absolute Gasteiger partial charge is 0.406 e. The molecule has 0 bridgehead atoms. The van der Waals surface area contributed by atoms with Gasteiger partial charge in [0, 0.05) is 29.4 Å². The molecule has 1 aliphatic heterocycles. The molecule has 0 spiro atoms. The van der Waals surface area contributed by atoms with Crippen LogP contribution in [0.15, 0.2) is 63.3 Å². The van der Waals surface area contributed by atoms with Crippen LogP contribution < -0.4 is 9.64 Å². The largest absolute Gasteiger partial charge is 0.573 e. The first-order chi connectivity index (χ1) is 15.6. The predicted molar refractivity (Wildman–Crippen MR) is 125 cm³/mol. The van der Waals surface area contributed by atoms with Crippen molar-refractivity contribution in [3.63, 3.8) is 0 Å². The molecule has 5 nitrogen and oxygen atoms in total. The van der Waals surface area contributed by atoms with Crippen molar-refractivity contribution in [2.45, 2.75) is 35.8 Å². The van der Waals surface area contributed by atoms with Gasteiger partial charge in [0.2, 0.25) is 0 Å². The Hall–Kier alpha value is -2.11. The molecule has 1 fully saturated rings. The van der Waals surface area contributed by atoms with Gasteiger partial charge in [-0.3, -0.25) is 0 Å². The third kappa shape index (κ3) is 6.07. The first kappa shape index (κ1) is 24.0. The fourth-order valence-corrected chi connectivity index (χ4v) is 6.82. The standard InChI is InChI=1S/C22H20BrF3N2O3S2/c23-16-3-1-2-15(12-16)13-17-14-32-21(27-17)28-10-8-20(9-11-28)33(29,30)19-6-4-18(5-7-19)31-22(24,25)26/h1-7,12,14,20H,8-11,13H2. The number of hydrogen-bond donors (Lipinski definition) is 0. The lowest BCUT2D eigenvalue weighted by Crippen LogP contribution is -2.39. The average molecular weight is 561 g/mol. The Morgan fingerprint density at radius 2 is 1.82 bits per heavy atom. The van der Waals surface area contributed by atoms with Gasteiger partial charge in [-0.1, -0.05) is 28.1 Å². The Morgan fingerprint density at radius 3 is 2.45 bits per heavy atom. The molecule has 11 heteroatoms. The van der Waals surface area contributed by atoms with Crippen LogP contribution in [-0.2, 0) is 16.3 Å². The van der Waals surface area contributed by atoms with E-state index < -0.39 is 27.2 Å². The van der Waals surface area contributed by atoms with E-state index in [1.54, 1.807) is 0 Å². The fourth-order valence-electron chi connectivity index (χ4n) is 3.76. The van der Waals surface area contributed by atoms with Crippen LogP contribution in [0.2, 0.25) is 0 Å². The van der Waals surface area contributed by atoms with Crippen LogP contribution in [0.25, 0.3) is 0 Å². The van der Waals surface area contributed by atoms with Crippen molar-refractivity contribution in [2.75, 3.05) is 18.0 Å². The highest BCUT2D eigenvalue weighted by Crippen LogP contribution is 2.31. The molecule has 1 saturated heterocycles. The molecule has 0 atom stereocenters. The molecule has 0 unspecified atom stereocenters. The summed E-state index contributed by atoms with van der Waals surface area (Å²) >= 11 is 5.01. The maximum Gasteiger partial charge on any atom is 0.573 e. The highest BCUT2D eigenvalue weighted by molar-refractivity contribution is 9.10. The van der Waals surface area contributed by atoms with E-state index in [2.05, 4.69) is 31.6 Å². The van der Waals surface area contributed by atoms with Crippen LogP contribution in [0.5, 0.6) is 5.75 Å². The molecule has 0 N–H and O–H groups in total. The van der Waals surface area contributed by atoms with E-state index >= 15 is 0 Å². The summed E-state index contributed by atoms with van der Waals surface area (Å²) in [5.74, 6) is -0.446. The number of hydrogen-bond acceptors (Lipinski definition) is 6. The Kier molecular flexibility index (Phi) is 7.01. The maximum atomic E-state index is 13.0. The molecule has 3 aromatic rings. The monoisotopic (exact) mass is 560 g/mol. The van der Waals surface area contributed by atoms with Gasteiger partial charge < -0.3 is 9.64 Å². The molecule has 1 aliphatic rings. The number of aromatic nitrogens is 1. The summed E-state index contributed by atoms with van der Waals surface area (Å²) in [5, 5.41) is 2.29. The van der Waals surface area contributed by atoms with E-state index in [0.717, 1.165) is 51.5 Å². The van der Waals surface area contributed by atoms with E-state index in [1.807, 2.05) is 23.6 Å². The van der Waals surface area contributed by atoms with Gasteiger partial charge in [-0.2, -0.15) is 0 Å². The van der Waals surface area contributed by atoms with Crippen LogP contribution in [-0.4, -0.2) is 38.1 Å². The molecule has 0 radical (unpaired) electrons. The topological polar surface area (TPSA) is 59.5 Å². The van der Waals surface area contributed by atoms with Gasteiger partial charge in [0.15, 0.2) is 15.0 Å². The first-order valence-electron chi connectivity index (χ1n) is 10.1. The van der Waals surface area contributed by atoms with Gasteiger partial charge in [0.05, 0.1) is 15.8 Å². The normalized spacial score (nSPS) is 15.6. The molecular weight excluding hydrogens is 541 g/mol. The minimum Gasteiger partial charge on any atom is -0.406 e. The number of nitrogens with zero attached hydrogens (tertiary/aromatic N) is 2. The molecule has 0 saturated carbocycles. The van der Waals surface area contributed by atoms with E-state index in [1.165, 1.54) is 11.3 Å². The van der Waals surface area contributed by atoms with Gasteiger partial charge in [-0.15, -0.1) is 24.5 Å². The lowest BCUT2D eigenvalue weighted by Gasteiger charge is -2.31. The molecule has 2 aromatic carbocycles. The third-order valence-corrected chi connectivity index (χ3v) is 9.07. The van der Waals surface area contributed by atoms with Crippen molar-refractivity contribution in [1.82, 2.24) is 4.98 Å². The average Bonchev–Trinajstić information content (AvgIpc) is 3.21. The SMILES string of the molecule is O=S(=O)(c1ccc(OC(F)(F)F)cc1)C1CCN(c2nc(Cc3cccc(Br)c3)cs2)CC1. The zero-order valence-corrected chi connectivity index (χ0v) is 20.5. The van der Waals surface area contributed by atoms with Gasteiger partial charge in [0.25, 0.3) is 0 Å². The summed E-state index contributed by atoms with van der Waals surface area (Å²) in [6, 6.07) is 12.4. The van der Waals surface area contributed by atoms with Crippen molar-refractivity contribution >= 4 is 42.2 Å². The van der Waals surface area contributed by atoms with Crippen molar-refractivity contribution in [3.8, 4) is 5.75 Å². The van der Waals surface area contributed by atoms with Crippen LogP contribution >= 0.6 is 27.3 Å². The second-order valence-electron chi connectivity index (χ2n) is 7.68. The Morgan fingerprint density at radius 1 is 1.12 bits per heavy atom. The molecule has 4 rings (SSSR count). The zero-order chi connectivity index (χ0) is 23.6. The quantitative estimate of drug-likeness (QED) is 0.379. The highest BCUT2D eigenvalue weighted by atomic mass is 79.9. The summed E-state index contributed by atoms with van der Waals surface area (Å²) < 4.78 is 67.7. The lowest BCUT2D eigenvalue weighted by molar-refractivity contribution is -0.274. The Labute approximate surface area is 202 Å². The Balaban J connectivity index is 1.37. The highest BCUT2D eigenvalue weighted by Gasteiger charge is 2.33. The predicted octanol–water partition coefficient (Wildman–Crippen LogP) is 5.84. The Bertz CT molecular complexity index is 1210.